The smallest absolute Gasteiger partial charge is 0.261 e. The second kappa shape index (κ2) is 3.96. The van der Waals surface area contributed by atoms with Gasteiger partial charge in [0.2, 0.25) is 0 Å². The van der Waals surface area contributed by atoms with Gasteiger partial charge in [0.05, 0.1) is 17.7 Å². The summed E-state index contributed by atoms with van der Waals surface area (Å²) in [7, 11) is 0. The molecule has 0 aromatic heterocycles. The zero-order valence-corrected chi connectivity index (χ0v) is 9.39. The standard InChI is InChI=1S/C13H13NO3/c15-12-10-3-1-2-4-11(10)13(16)14(12)7-9-5-6-17-8-9/h1-4,9H,5-8H2. The van der Waals surface area contributed by atoms with Gasteiger partial charge in [-0.2, -0.15) is 0 Å². The Labute approximate surface area is 99.2 Å². The summed E-state index contributed by atoms with van der Waals surface area (Å²) in [6.07, 6.45) is 0.924. The number of imide groups is 1. The number of rotatable bonds is 2. The van der Waals surface area contributed by atoms with E-state index in [0.717, 1.165) is 13.0 Å². The maximum Gasteiger partial charge on any atom is 0.261 e. The molecule has 1 saturated heterocycles. The molecule has 1 fully saturated rings. The van der Waals surface area contributed by atoms with E-state index in [9.17, 15) is 9.59 Å². The van der Waals surface area contributed by atoms with Gasteiger partial charge in [-0.3, -0.25) is 14.5 Å². The summed E-state index contributed by atoms with van der Waals surface area (Å²) in [5, 5.41) is 0. The van der Waals surface area contributed by atoms with Crippen molar-refractivity contribution in [3.63, 3.8) is 0 Å². The van der Waals surface area contributed by atoms with Crippen molar-refractivity contribution in [1.82, 2.24) is 4.90 Å². The van der Waals surface area contributed by atoms with Crippen molar-refractivity contribution in [1.29, 1.82) is 0 Å². The molecule has 2 heterocycles. The lowest BCUT2D eigenvalue weighted by atomic mass is 10.1. The Bertz CT molecular complexity index is 442. The van der Waals surface area contributed by atoms with Gasteiger partial charge < -0.3 is 4.74 Å². The van der Waals surface area contributed by atoms with E-state index in [-0.39, 0.29) is 17.7 Å². The third kappa shape index (κ3) is 1.65. The zero-order valence-electron chi connectivity index (χ0n) is 9.39. The van der Waals surface area contributed by atoms with Gasteiger partial charge in [-0.1, -0.05) is 12.1 Å². The van der Waals surface area contributed by atoms with Gasteiger partial charge in [-0.25, -0.2) is 0 Å². The molecule has 1 aromatic rings. The minimum Gasteiger partial charge on any atom is -0.381 e. The molecule has 0 saturated carbocycles. The van der Waals surface area contributed by atoms with E-state index < -0.39 is 0 Å². The van der Waals surface area contributed by atoms with Crippen molar-refractivity contribution >= 4 is 11.8 Å². The third-order valence-electron chi connectivity index (χ3n) is 3.34. The number of amides is 2. The number of benzene rings is 1. The Kier molecular flexibility index (Phi) is 2.44. The maximum absolute atomic E-state index is 12.1. The van der Waals surface area contributed by atoms with E-state index in [4.69, 9.17) is 4.74 Å². The Morgan fingerprint density at radius 2 is 1.82 bits per heavy atom. The van der Waals surface area contributed by atoms with E-state index in [2.05, 4.69) is 0 Å². The normalized spacial score (nSPS) is 23.3. The van der Waals surface area contributed by atoms with Gasteiger partial charge in [-0.05, 0) is 18.6 Å². The van der Waals surface area contributed by atoms with Crippen LogP contribution < -0.4 is 0 Å². The minimum atomic E-state index is -0.169. The monoisotopic (exact) mass is 231 g/mol. The van der Waals surface area contributed by atoms with Crippen molar-refractivity contribution in [3.05, 3.63) is 35.4 Å². The fraction of sp³-hybridized carbons (Fsp3) is 0.385. The van der Waals surface area contributed by atoms with Crippen LogP contribution in [0, 0.1) is 5.92 Å². The number of carbonyl (C=O) groups excluding carboxylic acids is 2. The van der Waals surface area contributed by atoms with Crippen LogP contribution in [0.25, 0.3) is 0 Å². The summed E-state index contributed by atoms with van der Waals surface area (Å²) in [5.41, 5.74) is 1.05. The first-order valence-corrected chi connectivity index (χ1v) is 5.80. The molecule has 0 bridgehead atoms. The number of carbonyl (C=O) groups is 2. The van der Waals surface area contributed by atoms with Crippen LogP contribution in [-0.2, 0) is 4.74 Å². The molecule has 4 nitrogen and oxygen atoms in total. The zero-order chi connectivity index (χ0) is 11.8. The molecule has 1 unspecified atom stereocenters. The predicted molar refractivity (Wildman–Crippen MR) is 60.7 cm³/mol. The SMILES string of the molecule is O=C1c2ccccc2C(=O)N1CC1CCOC1. The lowest BCUT2D eigenvalue weighted by Gasteiger charge is -2.17. The van der Waals surface area contributed by atoms with E-state index in [1.54, 1.807) is 24.3 Å². The molecule has 4 heteroatoms. The Morgan fingerprint density at radius 1 is 1.18 bits per heavy atom. The van der Waals surface area contributed by atoms with Crippen LogP contribution >= 0.6 is 0 Å². The Hall–Kier alpha value is -1.68. The highest BCUT2D eigenvalue weighted by atomic mass is 16.5. The highest BCUT2D eigenvalue weighted by Crippen LogP contribution is 2.25. The van der Waals surface area contributed by atoms with Gasteiger partial charge in [0.15, 0.2) is 0 Å². The molecule has 17 heavy (non-hydrogen) atoms. The molecular weight excluding hydrogens is 218 g/mol. The second-order valence-corrected chi connectivity index (χ2v) is 4.50. The third-order valence-corrected chi connectivity index (χ3v) is 3.34. The molecule has 2 amide bonds. The quantitative estimate of drug-likeness (QED) is 0.721. The van der Waals surface area contributed by atoms with E-state index in [1.807, 2.05) is 0 Å². The van der Waals surface area contributed by atoms with Crippen LogP contribution in [0.4, 0.5) is 0 Å². The molecule has 3 rings (SSSR count). The minimum absolute atomic E-state index is 0.169. The van der Waals surface area contributed by atoms with Crippen LogP contribution in [0.1, 0.15) is 27.1 Å². The van der Waals surface area contributed by atoms with Crippen LogP contribution in [0.5, 0.6) is 0 Å². The summed E-state index contributed by atoms with van der Waals surface area (Å²) in [6.45, 7) is 1.85. The van der Waals surface area contributed by atoms with E-state index in [1.165, 1.54) is 4.90 Å². The molecule has 2 aliphatic rings. The Balaban J connectivity index is 1.84. The molecular formula is C13H13NO3. The lowest BCUT2D eigenvalue weighted by molar-refractivity contribution is 0.0623. The Morgan fingerprint density at radius 3 is 2.35 bits per heavy atom. The first kappa shape index (κ1) is 10.5. The van der Waals surface area contributed by atoms with Gasteiger partial charge in [-0.15, -0.1) is 0 Å². The number of nitrogens with zero attached hydrogens (tertiary/aromatic N) is 1. The average Bonchev–Trinajstić information content (AvgIpc) is 2.94. The summed E-state index contributed by atoms with van der Waals surface area (Å²) in [6, 6.07) is 6.99. The highest BCUT2D eigenvalue weighted by Gasteiger charge is 2.36. The van der Waals surface area contributed by atoms with Crippen LogP contribution in [0.3, 0.4) is 0 Å². The van der Waals surface area contributed by atoms with Crippen molar-refractivity contribution < 1.29 is 14.3 Å². The summed E-state index contributed by atoms with van der Waals surface area (Å²) < 4.78 is 5.27. The number of hydrogen-bond acceptors (Lipinski definition) is 3. The molecule has 0 spiro atoms. The van der Waals surface area contributed by atoms with Crippen molar-refractivity contribution in [2.24, 2.45) is 5.92 Å². The molecule has 1 atom stereocenters. The largest absolute Gasteiger partial charge is 0.381 e. The topological polar surface area (TPSA) is 46.6 Å². The molecule has 2 aliphatic heterocycles. The van der Waals surface area contributed by atoms with Crippen molar-refractivity contribution in [2.75, 3.05) is 19.8 Å². The molecule has 1 aromatic carbocycles. The van der Waals surface area contributed by atoms with Crippen LogP contribution in [0.2, 0.25) is 0 Å². The van der Waals surface area contributed by atoms with Crippen LogP contribution in [0.15, 0.2) is 24.3 Å². The summed E-state index contributed by atoms with van der Waals surface area (Å²) in [5.74, 6) is -0.0489. The van der Waals surface area contributed by atoms with Crippen molar-refractivity contribution in [3.8, 4) is 0 Å². The van der Waals surface area contributed by atoms with Gasteiger partial charge in [0.1, 0.15) is 0 Å². The maximum atomic E-state index is 12.1. The first-order valence-electron chi connectivity index (χ1n) is 5.80. The summed E-state index contributed by atoms with van der Waals surface area (Å²) in [4.78, 5) is 25.5. The van der Waals surface area contributed by atoms with Crippen LogP contribution in [-0.4, -0.2) is 36.5 Å². The molecule has 0 radical (unpaired) electrons. The fourth-order valence-corrected chi connectivity index (χ4v) is 2.39. The predicted octanol–water partition coefficient (Wildman–Crippen LogP) is 1.32. The summed E-state index contributed by atoms with van der Waals surface area (Å²) >= 11 is 0. The highest BCUT2D eigenvalue weighted by molar-refractivity contribution is 6.21. The van der Waals surface area contributed by atoms with Gasteiger partial charge in [0.25, 0.3) is 11.8 Å². The molecule has 88 valence electrons. The number of hydrogen-bond donors (Lipinski definition) is 0. The average molecular weight is 231 g/mol. The first-order chi connectivity index (χ1) is 8.27. The van der Waals surface area contributed by atoms with Gasteiger partial charge in [0, 0.05) is 19.1 Å². The fourth-order valence-electron chi connectivity index (χ4n) is 2.39. The second-order valence-electron chi connectivity index (χ2n) is 4.50. The van der Waals surface area contributed by atoms with E-state index in [0.29, 0.717) is 24.3 Å². The van der Waals surface area contributed by atoms with Crippen molar-refractivity contribution in [2.45, 2.75) is 6.42 Å². The molecule has 0 aliphatic carbocycles. The lowest BCUT2D eigenvalue weighted by Crippen LogP contribution is -2.34. The number of fused-ring (bicyclic) bond motifs is 1. The van der Waals surface area contributed by atoms with E-state index >= 15 is 0 Å². The van der Waals surface area contributed by atoms with Gasteiger partial charge >= 0.3 is 0 Å². The molecule has 0 N–H and O–H groups in total. The number of ether oxygens (including phenoxy) is 1.